The summed E-state index contributed by atoms with van der Waals surface area (Å²) in [5, 5.41) is 12.1. The number of nitrogens with one attached hydrogen (secondary N) is 1. The first-order valence-corrected chi connectivity index (χ1v) is 11.6. The lowest BCUT2D eigenvalue weighted by Crippen LogP contribution is -2.26. The Labute approximate surface area is 204 Å². The molecule has 8 heteroatoms. The lowest BCUT2D eigenvalue weighted by atomic mass is 10.1. The van der Waals surface area contributed by atoms with Crippen molar-refractivity contribution in [3.63, 3.8) is 0 Å². The van der Waals surface area contributed by atoms with E-state index in [9.17, 15) is 10.1 Å². The highest BCUT2D eigenvalue weighted by molar-refractivity contribution is 14.1. The Bertz CT molecular complexity index is 955. The van der Waals surface area contributed by atoms with Gasteiger partial charge in [0.05, 0.1) is 10.2 Å². The summed E-state index contributed by atoms with van der Waals surface area (Å²) in [4.78, 5) is 12.3. The molecule has 0 fully saturated rings. The Morgan fingerprint density at radius 3 is 2.65 bits per heavy atom. The van der Waals surface area contributed by atoms with Crippen molar-refractivity contribution in [3.8, 4) is 17.6 Å². The first-order valence-electron chi connectivity index (χ1n) is 9.71. The molecule has 0 bridgehead atoms. The number of nitrogens with zero attached hydrogens (tertiary/aromatic N) is 1. The highest BCUT2D eigenvalue weighted by atomic mass is 127. The molecule has 0 aliphatic carbocycles. The fourth-order valence-corrected chi connectivity index (χ4v) is 3.68. The third-order valence-corrected chi connectivity index (χ3v) is 5.44. The van der Waals surface area contributed by atoms with E-state index in [1.165, 1.54) is 0 Å². The zero-order valence-electron chi connectivity index (χ0n) is 17.4. The van der Waals surface area contributed by atoms with Gasteiger partial charge < -0.3 is 19.5 Å². The Morgan fingerprint density at radius 1 is 1.26 bits per heavy atom. The number of nitriles is 1. The van der Waals surface area contributed by atoms with Gasteiger partial charge in [0, 0.05) is 24.7 Å². The van der Waals surface area contributed by atoms with Gasteiger partial charge in [-0.25, -0.2) is 0 Å². The van der Waals surface area contributed by atoms with E-state index in [1.807, 2.05) is 43.3 Å². The zero-order chi connectivity index (χ0) is 22.6. The van der Waals surface area contributed by atoms with Crippen LogP contribution in [-0.4, -0.2) is 32.8 Å². The summed E-state index contributed by atoms with van der Waals surface area (Å²) in [7, 11) is 1.60. The first kappa shape index (κ1) is 25.2. The number of benzene rings is 2. The van der Waals surface area contributed by atoms with Crippen molar-refractivity contribution in [2.75, 3.05) is 26.9 Å². The van der Waals surface area contributed by atoms with E-state index in [1.54, 1.807) is 19.3 Å². The zero-order valence-corrected chi connectivity index (χ0v) is 21.2. The molecule has 0 atom stereocenters. The van der Waals surface area contributed by atoms with Crippen LogP contribution >= 0.6 is 38.5 Å². The van der Waals surface area contributed by atoms with Crippen LogP contribution in [0.2, 0.25) is 0 Å². The number of hydrogen-bond acceptors (Lipinski definition) is 5. The van der Waals surface area contributed by atoms with E-state index in [0.717, 1.165) is 13.6 Å². The van der Waals surface area contributed by atoms with E-state index in [0.29, 0.717) is 49.8 Å². The van der Waals surface area contributed by atoms with Gasteiger partial charge in [-0.2, -0.15) is 5.26 Å². The molecule has 2 rings (SSSR count). The number of methoxy groups -OCH3 is 1. The minimum Gasteiger partial charge on any atom is -0.490 e. The molecule has 0 unspecified atom stereocenters. The molecule has 0 aromatic heterocycles. The molecule has 0 aliphatic heterocycles. The maximum atomic E-state index is 12.3. The van der Waals surface area contributed by atoms with Gasteiger partial charge in [-0.05, 0) is 77.4 Å². The fourth-order valence-electron chi connectivity index (χ4n) is 2.64. The van der Waals surface area contributed by atoms with Gasteiger partial charge in [0.1, 0.15) is 18.2 Å². The van der Waals surface area contributed by atoms with E-state index in [2.05, 4.69) is 43.8 Å². The third kappa shape index (κ3) is 8.16. The van der Waals surface area contributed by atoms with Gasteiger partial charge in [0.15, 0.2) is 11.5 Å². The van der Waals surface area contributed by atoms with Gasteiger partial charge >= 0.3 is 0 Å². The monoisotopic (exact) mass is 598 g/mol. The number of carbonyl (C=O) groups is 1. The molecule has 1 amide bonds. The van der Waals surface area contributed by atoms with Crippen molar-refractivity contribution >= 4 is 50.5 Å². The normalized spacial score (nSPS) is 11.0. The van der Waals surface area contributed by atoms with Crippen LogP contribution in [0.5, 0.6) is 11.5 Å². The second kappa shape index (κ2) is 13.3. The summed E-state index contributed by atoms with van der Waals surface area (Å²) in [6.07, 6.45) is 2.23. The van der Waals surface area contributed by atoms with Gasteiger partial charge in [0.2, 0.25) is 0 Å². The number of ether oxygens (including phenoxy) is 3. The van der Waals surface area contributed by atoms with Crippen LogP contribution < -0.4 is 14.8 Å². The number of amides is 1. The molecule has 164 valence electrons. The van der Waals surface area contributed by atoms with Gasteiger partial charge in [0.25, 0.3) is 5.91 Å². The average molecular weight is 599 g/mol. The van der Waals surface area contributed by atoms with Crippen molar-refractivity contribution in [2.45, 2.75) is 20.0 Å². The van der Waals surface area contributed by atoms with Crippen LogP contribution in [0.25, 0.3) is 6.08 Å². The first-order chi connectivity index (χ1) is 15.0. The standard InChI is InChI=1S/C23H24BrIN2O4/c1-3-30-21-13-17(11-18(14-26)23(28)27-9-4-10-29-2)12-20(25)22(21)31-15-16-5-7-19(24)8-6-16/h5-8,11-13H,3-4,9-10,15H2,1-2H3,(H,27,28)/b18-11+. The SMILES string of the molecule is CCOc1cc(/C=C(\C#N)C(=O)NCCCOC)cc(I)c1OCc1ccc(Br)cc1. The molecule has 6 nitrogen and oxygen atoms in total. The van der Waals surface area contributed by atoms with Crippen LogP contribution in [0.4, 0.5) is 0 Å². The number of carbonyl (C=O) groups excluding carboxylic acids is 1. The summed E-state index contributed by atoms with van der Waals surface area (Å²) in [5.41, 5.74) is 1.74. The highest BCUT2D eigenvalue weighted by Gasteiger charge is 2.14. The van der Waals surface area contributed by atoms with Crippen LogP contribution in [0.15, 0.2) is 46.4 Å². The molecule has 0 aliphatic rings. The summed E-state index contributed by atoms with van der Waals surface area (Å²) < 4.78 is 18.6. The van der Waals surface area contributed by atoms with Crippen molar-refractivity contribution < 1.29 is 19.0 Å². The largest absolute Gasteiger partial charge is 0.490 e. The molecule has 0 spiro atoms. The van der Waals surface area contributed by atoms with Crippen molar-refractivity contribution in [2.24, 2.45) is 0 Å². The molecule has 2 aromatic carbocycles. The second-order valence-corrected chi connectivity index (χ2v) is 8.53. The smallest absolute Gasteiger partial charge is 0.261 e. The van der Waals surface area contributed by atoms with E-state index in [4.69, 9.17) is 14.2 Å². The van der Waals surface area contributed by atoms with Crippen LogP contribution in [-0.2, 0) is 16.1 Å². The quantitative estimate of drug-likeness (QED) is 0.169. The number of hydrogen-bond donors (Lipinski definition) is 1. The molecule has 0 saturated carbocycles. The van der Waals surface area contributed by atoms with Crippen molar-refractivity contribution in [1.82, 2.24) is 5.32 Å². The molecular weight excluding hydrogens is 575 g/mol. The molecule has 2 aromatic rings. The Morgan fingerprint density at radius 2 is 2.00 bits per heavy atom. The molecule has 0 radical (unpaired) electrons. The van der Waals surface area contributed by atoms with Crippen LogP contribution in [0.3, 0.4) is 0 Å². The maximum absolute atomic E-state index is 12.3. The van der Waals surface area contributed by atoms with Crippen molar-refractivity contribution in [1.29, 1.82) is 5.26 Å². The summed E-state index contributed by atoms with van der Waals surface area (Å²) in [6.45, 7) is 3.73. The predicted octanol–water partition coefficient (Wildman–Crippen LogP) is 5.09. The van der Waals surface area contributed by atoms with Gasteiger partial charge in [-0.1, -0.05) is 28.1 Å². The molecule has 0 heterocycles. The second-order valence-electron chi connectivity index (χ2n) is 6.45. The lowest BCUT2D eigenvalue weighted by Gasteiger charge is -2.15. The van der Waals surface area contributed by atoms with E-state index in [-0.39, 0.29) is 5.57 Å². The minimum atomic E-state index is -0.415. The van der Waals surface area contributed by atoms with Crippen LogP contribution in [0, 0.1) is 14.9 Å². The minimum absolute atomic E-state index is 0.0270. The number of rotatable bonds is 11. The molecule has 1 N–H and O–H groups in total. The number of halogens is 2. The Balaban J connectivity index is 2.20. The summed E-state index contributed by atoms with van der Waals surface area (Å²) in [5.74, 6) is 0.780. The third-order valence-electron chi connectivity index (χ3n) is 4.12. The fraction of sp³-hybridized carbons (Fsp3) is 0.304. The van der Waals surface area contributed by atoms with Crippen LogP contribution in [0.1, 0.15) is 24.5 Å². The molecule has 0 saturated heterocycles. The van der Waals surface area contributed by atoms with Gasteiger partial charge in [-0.15, -0.1) is 0 Å². The lowest BCUT2D eigenvalue weighted by molar-refractivity contribution is -0.117. The molecule has 31 heavy (non-hydrogen) atoms. The van der Waals surface area contributed by atoms with Crippen molar-refractivity contribution in [3.05, 3.63) is 61.1 Å². The topological polar surface area (TPSA) is 80.6 Å². The summed E-state index contributed by atoms with van der Waals surface area (Å²) in [6, 6.07) is 13.5. The predicted molar refractivity (Wildman–Crippen MR) is 132 cm³/mol. The average Bonchev–Trinajstić information content (AvgIpc) is 2.75. The summed E-state index contributed by atoms with van der Waals surface area (Å²) >= 11 is 5.59. The maximum Gasteiger partial charge on any atom is 0.261 e. The van der Waals surface area contributed by atoms with E-state index < -0.39 is 5.91 Å². The highest BCUT2D eigenvalue weighted by Crippen LogP contribution is 2.35. The Kier molecular flexibility index (Phi) is 10.8. The molecular formula is C23H24BrIN2O4. The van der Waals surface area contributed by atoms with E-state index >= 15 is 0 Å². The Hall–Kier alpha value is -2.09. The van der Waals surface area contributed by atoms with Gasteiger partial charge in [-0.3, -0.25) is 4.79 Å².